The molecule has 2 aromatic rings. The summed E-state index contributed by atoms with van der Waals surface area (Å²) in [5.41, 5.74) is 2.93. The van der Waals surface area contributed by atoms with E-state index >= 15 is 0 Å². The van der Waals surface area contributed by atoms with E-state index in [4.69, 9.17) is 0 Å². The summed E-state index contributed by atoms with van der Waals surface area (Å²) in [6.07, 6.45) is 8.19. The second kappa shape index (κ2) is 7.09. The molecule has 0 amide bonds. The molecule has 0 unspecified atom stereocenters. The highest BCUT2D eigenvalue weighted by Crippen LogP contribution is 2.24. The molecule has 0 aliphatic heterocycles. The Bertz CT molecular complexity index is 520. The Morgan fingerprint density at radius 1 is 0.850 bits per heavy atom. The molecule has 0 aliphatic rings. The third-order valence-corrected chi connectivity index (χ3v) is 3.73. The molecular weight excluding hydrogens is 240 g/mol. The second-order valence-electron chi connectivity index (χ2n) is 5.87. The van der Waals surface area contributed by atoms with E-state index in [1.54, 1.807) is 0 Å². The molecule has 0 bridgehead atoms. The summed E-state index contributed by atoms with van der Waals surface area (Å²) in [6.45, 7) is 4.55. The molecule has 0 aromatic heterocycles. The van der Waals surface area contributed by atoms with E-state index in [0.29, 0.717) is 0 Å². The molecule has 0 saturated heterocycles. The smallest absolute Gasteiger partial charge is 0.00753 e. The van der Waals surface area contributed by atoms with Gasteiger partial charge in [-0.25, -0.2) is 0 Å². The minimum atomic E-state index is 0.119. The van der Waals surface area contributed by atoms with E-state index in [2.05, 4.69) is 86.7 Å². The molecule has 0 spiro atoms. The second-order valence-corrected chi connectivity index (χ2v) is 5.87. The van der Waals surface area contributed by atoms with Gasteiger partial charge in [-0.3, -0.25) is 0 Å². The average Bonchev–Trinajstić information content (AvgIpc) is 2.49. The van der Waals surface area contributed by atoms with Crippen molar-refractivity contribution in [3.63, 3.8) is 0 Å². The predicted octanol–water partition coefficient (Wildman–Crippen LogP) is 5.54. The Morgan fingerprint density at radius 3 is 2.10 bits per heavy atom. The molecule has 0 N–H and O–H groups in total. The molecule has 2 aromatic carbocycles. The fraction of sp³-hybridized carbons (Fsp3) is 0.300. The van der Waals surface area contributed by atoms with Crippen LogP contribution in [0.3, 0.4) is 0 Å². The highest BCUT2D eigenvalue weighted by molar-refractivity contribution is 5.28. The number of hydrogen-bond acceptors (Lipinski definition) is 0. The number of allylic oxidation sites excluding steroid dienone is 2. The summed E-state index contributed by atoms with van der Waals surface area (Å²) in [6, 6.07) is 21.4. The molecule has 0 heterocycles. The Kier molecular flexibility index (Phi) is 5.17. The van der Waals surface area contributed by atoms with Crippen molar-refractivity contribution in [1.82, 2.24) is 0 Å². The van der Waals surface area contributed by atoms with Crippen LogP contribution in [0, 0.1) is 0 Å². The highest BCUT2D eigenvalue weighted by Gasteiger charge is 2.15. The van der Waals surface area contributed by atoms with Crippen LogP contribution < -0.4 is 0 Å². The number of benzene rings is 2. The van der Waals surface area contributed by atoms with Crippen LogP contribution in [0.5, 0.6) is 0 Å². The Labute approximate surface area is 123 Å². The summed E-state index contributed by atoms with van der Waals surface area (Å²) in [5.74, 6) is 0. The van der Waals surface area contributed by atoms with Gasteiger partial charge in [0, 0.05) is 5.41 Å². The van der Waals surface area contributed by atoms with Gasteiger partial charge in [-0.15, -0.1) is 0 Å². The molecule has 0 nitrogen and oxygen atoms in total. The average molecular weight is 264 g/mol. The summed E-state index contributed by atoms with van der Waals surface area (Å²) in [5, 5.41) is 0. The van der Waals surface area contributed by atoms with Crippen molar-refractivity contribution in [3.8, 4) is 0 Å². The van der Waals surface area contributed by atoms with Gasteiger partial charge < -0.3 is 0 Å². The van der Waals surface area contributed by atoms with Gasteiger partial charge in [0.1, 0.15) is 0 Å². The standard InChI is InChI=1S/C20H24/c1-20(2,19-15-9-4-10-16-19)17-11-5-8-14-18-12-6-3-7-13-18/h3-4,6-7,9-13,15-17H,5,8,14H2,1-2H3/b17-11+. The minimum Gasteiger partial charge on any atom is -0.0877 e. The molecule has 0 atom stereocenters. The summed E-state index contributed by atoms with van der Waals surface area (Å²) in [4.78, 5) is 0. The van der Waals surface area contributed by atoms with Crippen LogP contribution in [0.2, 0.25) is 0 Å². The number of unbranched alkanes of at least 4 members (excludes halogenated alkanes) is 1. The van der Waals surface area contributed by atoms with Gasteiger partial charge in [-0.1, -0.05) is 86.7 Å². The van der Waals surface area contributed by atoms with E-state index in [1.165, 1.54) is 17.5 Å². The minimum absolute atomic E-state index is 0.119. The van der Waals surface area contributed by atoms with Gasteiger partial charge >= 0.3 is 0 Å². The molecule has 104 valence electrons. The maximum absolute atomic E-state index is 2.34. The zero-order valence-electron chi connectivity index (χ0n) is 12.5. The summed E-state index contributed by atoms with van der Waals surface area (Å²) < 4.78 is 0. The first-order valence-electron chi connectivity index (χ1n) is 7.46. The van der Waals surface area contributed by atoms with Gasteiger partial charge in [0.05, 0.1) is 0 Å². The van der Waals surface area contributed by atoms with Crippen molar-refractivity contribution < 1.29 is 0 Å². The van der Waals surface area contributed by atoms with Crippen molar-refractivity contribution in [2.75, 3.05) is 0 Å². The molecule has 0 aliphatic carbocycles. The van der Waals surface area contributed by atoms with Gasteiger partial charge in [0.25, 0.3) is 0 Å². The van der Waals surface area contributed by atoms with E-state index in [1.807, 2.05) is 0 Å². The molecule has 0 saturated carbocycles. The van der Waals surface area contributed by atoms with E-state index in [0.717, 1.165) is 12.8 Å². The normalized spacial score (nSPS) is 11.9. The number of aryl methyl sites for hydroxylation is 1. The van der Waals surface area contributed by atoms with Gasteiger partial charge in [-0.05, 0) is 30.4 Å². The van der Waals surface area contributed by atoms with Crippen molar-refractivity contribution in [2.24, 2.45) is 0 Å². The van der Waals surface area contributed by atoms with Crippen LogP contribution in [0.1, 0.15) is 37.8 Å². The first-order chi connectivity index (χ1) is 9.68. The zero-order chi connectivity index (χ0) is 14.3. The first-order valence-corrected chi connectivity index (χ1v) is 7.46. The largest absolute Gasteiger partial charge is 0.0877 e. The predicted molar refractivity (Wildman–Crippen MR) is 88.0 cm³/mol. The van der Waals surface area contributed by atoms with Crippen LogP contribution in [-0.4, -0.2) is 0 Å². The van der Waals surface area contributed by atoms with E-state index in [-0.39, 0.29) is 5.41 Å². The number of hydrogen-bond donors (Lipinski definition) is 0. The highest BCUT2D eigenvalue weighted by atomic mass is 14.2. The number of rotatable bonds is 6. The molecular formula is C20H24. The lowest BCUT2D eigenvalue weighted by Gasteiger charge is -2.20. The lowest BCUT2D eigenvalue weighted by Crippen LogP contribution is -2.12. The van der Waals surface area contributed by atoms with E-state index in [9.17, 15) is 0 Å². The summed E-state index contributed by atoms with van der Waals surface area (Å²) in [7, 11) is 0. The summed E-state index contributed by atoms with van der Waals surface area (Å²) >= 11 is 0. The van der Waals surface area contributed by atoms with Crippen LogP contribution in [-0.2, 0) is 11.8 Å². The molecule has 0 heteroatoms. The Hall–Kier alpha value is -1.82. The van der Waals surface area contributed by atoms with Gasteiger partial charge in [0.2, 0.25) is 0 Å². The molecule has 0 fully saturated rings. The van der Waals surface area contributed by atoms with Crippen LogP contribution in [0.25, 0.3) is 0 Å². The monoisotopic (exact) mass is 264 g/mol. The Balaban J connectivity index is 1.81. The third kappa shape index (κ3) is 4.38. The first kappa shape index (κ1) is 14.6. The maximum atomic E-state index is 2.34. The SMILES string of the molecule is CC(C)(/C=C/CCCc1ccccc1)c1ccccc1. The molecule has 0 radical (unpaired) electrons. The fourth-order valence-electron chi connectivity index (χ4n) is 2.41. The van der Waals surface area contributed by atoms with Crippen molar-refractivity contribution in [2.45, 2.75) is 38.5 Å². The van der Waals surface area contributed by atoms with Crippen molar-refractivity contribution in [1.29, 1.82) is 0 Å². The van der Waals surface area contributed by atoms with Crippen LogP contribution in [0.4, 0.5) is 0 Å². The topological polar surface area (TPSA) is 0 Å². The zero-order valence-corrected chi connectivity index (χ0v) is 12.5. The lowest BCUT2D eigenvalue weighted by molar-refractivity contribution is 0.664. The lowest BCUT2D eigenvalue weighted by atomic mass is 9.84. The van der Waals surface area contributed by atoms with Crippen molar-refractivity contribution in [3.05, 3.63) is 83.9 Å². The third-order valence-electron chi connectivity index (χ3n) is 3.73. The van der Waals surface area contributed by atoms with Gasteiger partial charge in [-0.2, -0.15) is 0 Å². The van der Waals surface area contributed by atoms with Gasteiger partial charge in [0.15, 0.2) is 0 Å². The van der Waals surface area contributed by atoms with Crippen molar-refractivity contribution >= 4 is 0 Å². The van der Waals surface area contributed by atoms with E-state index < -0.39 is 0 Å². The quantitative estimate of drug-likeness (QED) is 0.474. The Morgan fingerprint density at radius 2 is 1.45 bits per heavy atom. The van der Waals surface area contributed by atoms with Crippen LogP contribution >= 0.6 is 0 Å². The molecule has 20 heavy (non-hydrogen) atoms. The molecule has 2 rings (SSSR count). The fourth-order valence-corrected chi connectivity index (χ4v) is 2.41. The van der Waals surface area contributed by atoms with Crippen LogP contribution in [0.15, 0.2) is 72.8 Å². The maximum Gasteiger partial charge on any atom is 0.00753 e.